The third-order valence-corrected chi connectivity index (χ3v) is 5.73. The molecule has 1 atom stereocenters. The number of nitrogens with zero attached hydrogens (tertiary/aromatic N) is 1. The highest BCUT2D eigenvalue weighted by atomic mass is 32.2. The lowest BCUT2D eigenvalue weighted by Gasteiger charge is -2.15. The van der Waals surface area contributed by atoms with Gasteiger partial charge in [0.05, 0.1) is 27.8 Å². The number of hydrogen-bond acceptors (Lipinski definition) is 4. The van der Waals surface area contributed by atoms with Gasteiger partial charge in [-0.3, -0.25) is 4.79 Å². The van der Waals surface area contributed by atoms with Crippen LogP contribution in [0.1, 0.15) is 18.1 Å². The number of carbonyl (C=O) groups excluding carboxylic acids is 1. The van der Waals surface area contributed by atoms with Gasteiger partial charge in [-0.05, 0) is 42.5 Å². The molecule has 0 bridgehead atoms. The average molecular weight is 414 g/mol. The quantitative estimate of drug-likeness (QED) is 0.596. The standard InChI is InChI=1S/C18H14F4N2O3S/c1-11(10-28(26,27)15-6-3-13(19)4-7-15)17(25)24-14-5-2-12(9-23)16(8-14)18(20,21)22/h2-8,11H,10H2,1H3,(H,24,25)/t11-/m1/s1. The smallest absolute Gasteiger partial charge is 0.326 e. The fourth-order valence-electron chi connectivity index (χ4n) is 2.36. The SMILES string of the molecule is C[C@H](CS(=O)(=O)c1ccc(F)cc1)C(=O)Nc1ccc(C#N)c(C(F)(F)F)c1. The molecule has 0 aliphatic carbocycles. The first-order valence-electron chi connectivity index (χ1n) is 7.84. The summed E-state index contributed by atoms with van der Waals surface area (Å²) in [7, 11) is -3.91. The van der Waals surface area contributed by atoms with E-state index in [1.165, 1.54) is 13.0 Å². The minimum atomic E-state index is -4.79. The maximum absolute atomic E-state index is 13.0. The predicted molar refractivity (Wildman–Crippen MR) is 92.4 cm³/mol. The molecule has 5 nitrogen and oxygen atoms in total. The van der Waals surface area contributed by atoms with Gasteiger partial charge in [0.1, 0.15) is 5.82 Å². The van der Waals surface area contributed by atoms with Crippen LogP contribution in [0.3, 0.4) is 0 Å². The van der Waals surface area contributed by atoms with Gasteiger partial charge in [-0.1, -0.05) is 6.92 Å². The van der Waals surface area contributed by atoms with E-state index in [-0.39, 0.29) is 10.6 Å². The molecule has 10 heteroatoms. The van der Waals surface area contributed by atoms with Crippen LogP contribution in [0.5, 0.6) is 0 Å². The average Bonchev–Trinajstić information content (AvgIpc) is 2.60. The summed E-state index contributed by atoms with van der Waals surface area (Å²) in [6.45, 7) is 1.30. The lowest BCUT2D eigenvalue weighted by atomic mass is 10.1. The molecule has 1 amide bonds. The molecule has 0 aromatic heterocycles. The fraction of sp³-hybridized carbons (Fsp3) is 0.222. The Bertz CT molecular complexity index is 1030. The molecule has 0 radical (unpaired) electrons. The number of rotatable bonds is 5. The van der Waals surface area contributed by atoms with E-state index in [1.54, 1.807) is 0 Å². The van der Waals surface area contributed by atoms with Crippen molar-refractivity contribution in [3.8, 4) is 6.07 Å². The summed E-state index contributed by atoms with van der Waals surface area (Å²) >= 11 is 0. The van der Waals surface area contributed by atoms with Gasteiger partial charge in [-0.15, -0.1) is 0 Å². The first-order chi connectivity index (χ1) is 12.9. The third-order valence-electron chi connectivity index (χ3n) is 3.80. The van der Waals surface area contributed by atoms with E-state index in [9.17, 15) is 30.8 Å². The largest absolute Gasteiger partial charge is 0.417 e. The molecule has 2 rings (SSSR count). The van der Waals surface area contributed by atoms with Crippen LogP contribution in [0.4, 0.5) is 23.2 Å². The number of halogens is 4. The highest BCUT2D eigenvalue weighted by Crippen LogP contribution is 2.33. The zero-order chi connectivity index (χ0) is 21.1. The van der Waals surface area contributed by atoms with Gasteiger partial charge in [-0.25, -0.2) is 12.8 Å². The number of alkyl halides is 3. The second-order valence-corrected chi connectivity index (χ2v) is 8.03. The van der Waals surface area contributed by atoms with Gasteiger partial charge >= 0.3 is 6.18 Å². The molecule has 0 saturated heterocycles. The van der Waals surface area contributed by atoms with E-state index in [4.69, 9.17) is 5.26 Å². The summed E-state index contributed by atoms with van der Waals surface area (Å²) in [5, 5.41) is 11.0. The lowest BCUT2D eigenvalue weighted by Crippen LogP contribution is -2.27. The van der Waals surface area contributed by atoms with E-state index < -0.39 is 50.5 Å². The van der Waals surface area contributed by atoms with Gasteiger partial charge in [0.15, 0.2) is 9.84 Å². The van der Waals surface area contributed by atoms with Crippen molar-refractivity contribution in [1.82, 2.24) is 0 Å². The number of sulfone groups is 1. The Morgan fingerprint density at radius 3 is 2.32 bits per heavy atom. The molecular weight excluding hydrogens is 400 g/mol. The Labute approximate surface area is 158 Å². The van der Waals surface area contributed by atoms with Gasteiger partial charge < -0.3 is 5.32 Å². The lowest BCUT2D eigenvalue weighted by molar-refractivity contribution is -0.137. The maximum Gasteiger partial charge on any atom is 0.417 e. The first kappa shape index (κ1) is 21.4. The van der Waals surface area contributed by atoms with Crippen LogP contribution < -0.4 is 5.32 Å². The second kappa shape index (κ2) is 7.98. The molecule has 28 heavy (non-hydrogen) atoms. The van der Waals surface area contributed by atoms with E-state index in [0.29, 0.717) is 6.07 Å². The summed E-state index contributed by atoms with van der Waals surface area (Å²) in [6, 6.07) is 8.11. The van der Waals surface area contributed by atoms with E-state index >= 15 is 0 Å². The molecule has 2 aromatic carbocycles. The number of hydrogen-bond donors (Lipinski definition) is 1. The number of carbonyl (C=O) groups is 1. The second-order valence-electron chi connectivity index (χ2n) is 6.00. The normalized spacial score (nSPS) is 12.9. The van der Waals surface area contributed by atoms with E-state index in [2.05, 4.69) is 5.32 Å². The molecular formula is C18H14F4N2O3S. The number of nitriles is 1. The van der Waals surface area contributed by atoms with Crippen molar-refractivity contribution in [3.05, 3.63) is 59.4 Å². The minimum Gasteiger partial charge on any atom is -0.326 e. The third kappa shape index (κ3) is 5.07. The number of anilines is 1. The van der Waals surface area contributed by atoms with Crippen molar-refractivity contribution >= 4 is 21.4 Å². The molecule has 0 aliphatic rings. The van der Waals surface area contributed by atoms with Crippen molar-refractivity contribution in [3.63, 3.8) is 0 Å². The topological polar surface area (TPSA) is 87.0 Å². The molecule has 2 aromatic rings. The maximum atomic E-state index is 13.0. The highest BCUT2D eigenvalue weighted by Gasteiger charge is 2.34. The van der Waals surface area contributed by atoms with Crippen LogP contribution in [0.2, 0.25) is 0 Å². The van der Waals surface area contributed by atoms with Crippen molar-refractivity contribution in [2.24, 2.45) is 5.92 Å². The molecule has 0 aliphatic heterocycles. The fourth-order valence-corrected chi connectivity index (χ4v) is 3.92. The molecule has 0 saturated carbocycles. The van der Waals surface area contributed by atoms with Gasteiger partial charge in [-0.2, -0.15) is 18.4 Å². The summed E-state index contributed by atoms with van der Waals surface area (Å²) in [6.07, 6.45) is -4.79. The molecule has 1 N–H and O–H groups in total. The van der Waals surface area contributed by atoms with Gasteiger partial charge in [0.2, 0.25) is 5.91 Å². The van der Waals surface area contributed by atoms with Crippen molar-refractivity contribution in [2.75, 3.05) is 11.1 Å². The van der Waals surface area contributed by atoms with Crippen molar-refractivity contribution in [2.45, 2.75) is 18.0 Å². The van der Waals surface area contributed by atoms with Crippen LogP contribution >= 0.6 is 0 Å². The Morgan fingerprint density at radius 1 is 1.18 bits per heavy atom. The van der Waals surface area contributed by atoms with Crippen LogP contribution in [-0.4, -0.2) is 20.1 Å². The predicted octanol–water partition coefficient (Wildman–Crippen LogP) is 3.76. The summed E-state index contributed by atoms with van der Waals surface area (Å²) in [4.78, 5) is 12.0. The Morgan fingerprint density at radius 2 is 1.79 bits per heavy atom. The summed E-state index contributed by atoms with van der Waals surface area (Å²) in [5.74, 6) is -3.15. The zero-order valence-corrected chi connectivity index (χ0v) is 15.2. The molecule has 0 unspecified atom stereocenters. The molecule has 0 heterocycles. The van der Waals surface area contributed by atoms with Crippen molar-refractivity contribution < 1.29 is 30.8 Å². The number of amides is 1. The minimum absolute atomic E-state index is 0.175. The number of nitrogens with one attached hydrogen (secondary N) is 1. The Kier molecular flexibility index (Phi) is 6.09. The number of benzene rings is 2. The highest BCUT2D eigenvalue weighted by molar-refractivity contribution is 7.91. The summed E-state index contributed by atoms with van der Waals surface area (Å²) in [5.41, 5.74) is -2.03. The van der Waals surface area contributed by atoms with Crippen LogP contribution in [0.15, 0.2) is 47.4 Å². The summed E-state index contributed by atoms with van der Waals surface area (Å²) < 4.78 is 76.4. The van der Waals surface area contributed by atoms with Crippen LogP contribution in [0, 0.1) is 23.1 Å². The van der Waals surface area contributed by atoms with Crippen LogP contribution in [0.25, 0.3) is 0 Å². The van der Waals surface area contributed by atoms with Gasteiger partial charge in [0, 0.05) is 11.6 Å². The molecule has 0 fully saturated rings. The van der Waals surface area contributed by atoms with E-state index in [1.807, 2.05) is 0 Å². The zero-order valence-electron chi connectivity index (χ0n) is 14.4. The molecule has 0 spiro atoms. The van der Waals surface area contributed by atoms with Crippen LogP contribution in [-0.2, 0) is 20.8 Å². The van der Waals surface area contributed by atoms with Crippen molar-refractivity contribution in [1.29, 1.82) is 5.26 Å². The van der Waals surface area contributed by atoms with Gasteiger partial charge in [0.25, 0.3) is 0 Å². The monoisotopic (exact) mass is 414 g/mol. The Hall–Kier alpha value is -2.93. The van der Waals surface area contributed by atoms with E-state index in [0.717, 1.165) is 36.4 Å². The Balaban J connectivity index is 2.16. The molecule has 148 valence electrons. The first-order valence-corrected chi connectivity index (χ1v) is 9.50.